The summed E-state index contributed by atoms with van der Waals surface area (Å²) >= 11 is 14.6. The molecule has 10 heteroatoms. The lowest BCUT2D eigenvalue weighted by molar-refractivity contribution is -0.113. The van der Waals surface area contributed by atoms with Crippen molar-refractivity contribution >= 4 is 57.9 Å². The number of amides is 1. The van der Waals surface area contributed by atoms with Gasteiger partial charge in [0.05, 0.1) is 20.7 Å². The number of nitrogens with zero attached hydrogens (tertiary/aromatic N) is 3. The van der Waals surface area contributed by atoms with E-state index in [-0.39, 0.29) is 17.5 Å². The Kier molecular flexibility index (Phi) is 6.38. The zero-order valence-electron chi connectivity index (χ0n) is 15.2. The average Bonchev–Trinajstić information content (AvgIpc) is 3.39. The van der Waals surface area contributed by atoms with E-state index in [1.807, 2.05) is 22.1 Å². The van der Waals surface area contributed by atoms with Crippen molar-refractivity contribution in [1.29, 1.82) is 0 Å². The van der Waals surface area contributed by atoms with Crippen molar-refractivity contribution in [1.82, 2.24) is 14.8 Å². The van der Waals surface area contributed by atoms with Gasteiger partial charge in [-0.25, -0.2) is 4.39 Å². The molecule has 152 valence electrons. The van der Waals surface area contributed by atoms with Crippen molar-refractivity contribution < 1.29 is 9.18 Å². The topological polar surface area (TPSA) is 59.8 Å². The Hall–Kier alpha value is -2.39. The van der Waals surface area contributed by atoms with Gasteiger partial charge in [0, 0.05) is 11.4 Å². The fourth-order valence-corrected chi connectivity index (χ4v) is 4.40. The van der Waals surface area contributed by atoms with Gasteiger partial charge in [0.2, 0.25) is 5.91 Å². The number of thiophene rings is 1. The van der Waals surface area contributed by atoms with Crippen LogP contribution in [-0.2, 0) is 4.79 Å². The second-order valence-electron chi connectivity index (χ2n) is 6.06. The predicted molar refractivity (Wildman–Crippen MR) is 120 cm³/mol. The molecule has 0 saturated carbocycles. The van der Waals surface area contributed by atoms with Crippen molar-refractivity contribution in [3.8, 4) is 16.4 Å². The number of anilines is 1. The molecule has 4 aromatic rings. The highest BCUT2D eigenvalue weighted by atomic mass is 35.5. The van der Waals surface area contributed by atoms with Gasteiger partial charge in [0.15, 0.2) is 11.0 Å². The van der Waals surface area contributed by atoms with Gasteiger partial charge < -0.3 is 5.32 Å². The van der Waals surface area contributed by atoms with Crippen LogP contribution in [0.4, 0.5) is 10.1 Å². The van der Waals surface area contributed by atoms with Gasteiger partial charge in [-0.3, -0.25) is 9.36 Å². The summed E-state index contributed by atoms with van der Waals surface area (Å²) in [6.45, 7) is 0. The number of carbonyl (C=O) groups excluding carboxylic acids is 1. The quantitative estimate of drug-likeness (QED) is 0.336. The summed E-state index contributed by atoms with van der Waals surface area (Å²) in [5.74, 6) is 0.165. The molecule has 2 aromatic heterocycles. The first-order valence-electron chi connectivity index (χ1n) is 8.64. The molecule has 0 radical (unpaired) electrons. The van der Waals surface area contributed by atoms with E-state index in [0.717, 1.165) is 4.88 Å². The Morgan fingerprint density at radius 2 is 1.90 bits per heavy atom. The minimum absolute atomic E-state index is 0.101. The van der Waals surface area contributed by atoms with Gasteiger partial charge in [-0.15, -0.1) is 21.5 Å². The highest BCUT2D eigenvalue weighted by molar-refractivity contribution is 7.99. The summed E-state index contributed by atoms with van der Waals surface area (Å²) in [6, 6.07) is 14.8. The first-order chi connectivity index (χ1) is 14.5. The molecule has 0 bridgehead atoms. The maximum Gasteiger partial charge on any atom is 0.234 e. The largest absolute Gasteiger partial charge is 0.325 e. The van der Waals surface area contributed by atoms with Crippen LogP contribution >= 0.6 is 46.3 Å². The molecule has 30 heavy (non-hydrogen) atoms. The zero-order chi connectivity index (χ0) is 21.1. The standard InChI is InChI=1S/C20H13Cl2FN4OS2/c21-15-8-5-13(10-16(15)22)24-18(28)11-30-20-26-25-19(17-2-1-9-29-17)27(20)14-6-3-12(23)4-7-14/h1-10H,11H2,(H,24,28). The van der Waals surface area contributed by atoms with Gasteiger partial charge in [0.25, 0.3) is 0 Å². The zero-order valence-corrected chi connectivity index (χ0v) is 18.3. The van der Waals surface area contributed by atoms with Gasteiger partial charge >= 0.3 is 0 Å². The summed E-state index contributed by atoms with van der Waals surface area (Å²) < 4.78 is 15.2. The molecule has 0 aliphatic heterocycles. The lowest BCUT2D eigenvalue weighted by Gasteiger charge is -2.10. The van der Waals surface area contributed by atoms with Crippen molar-refractivity contribution in [3.05, 3.63) is 75.8 Å². The van der Waals surface area contributed by atoms with Gasteiger partial charge in [0.1, 0.15) is 5.82 Å². The van der Waals surface area contributed by atoms with E-state index >= 15 is 0 Å². The molecular formula is C20H13Cl2FN4OS2. The average molecular weight is 479 g/mol. The number of halogens is 3. The monoisotopic (exact) mass is 478 g/mol. The minimum Gasteiger partial charge on any atom is -0.325 e. The van der Waals surface area contributed by atoms with Gasteiger partial charge in [-0.05, 0) is 53.9 Å². The SMILES string of the molecule is O=C(CSc1nnc(-c2cccs2)n1-c1ccc(F)cc1)Nc1ccc(Cl)c(Cl)c1. The van der Waals surface area contributed by atoms with E-state index in [0.29, 0.717) is 32.4 Å². The number of hydrogen-bond donors (Lipinski definition) is 1. The molecule has 0 saturated heterocycles. The molecule has 5 nitrogen and oxygen atoms in total. The van der Waals surface area contributed by atoms with E-state index in [1.54, 1.807) is 30.3 Å². The van der Waals surface area contributed by atoms with Crippen LogP contribution in [0.15, 0.2) is 65.1 Å². The molecule has 1 N–H and O–H groups in total. The normalized spacial score (nSPS) is 10.9. The first-order valence-corrected chi connectivity index (χ1v) is 11.3. The number of nitrogens with one attached hydrogen (secondary N) is 1. The van der Waals surface area contributed by atoms with Crippen molar-refractivity contribution in [3.63, 3.8) is 0 Å². The maximum atomic E-state index is 13.4. The lowest BCUT2D eigenvalue weighted by Crippen LogP contribution is -2.14. The van der Waals surface area contributed by atoms with E-state index < -0.39 is 0 Å². The van der Waals surface area contributed by atoms with E-state index in [9.17, 15) is 9.18 Å². The van der Waals surface area contributed by atoms with Gasteiger partial charge in [-0.1, -0.05) is 41.0 Å². The van der Waals surface area contributed by atoms with Crippen molar-refractivity contribution in [2.24, 2.45) is 0 Å². The molecule has 0 aliphatic carbocycles. The number of aromatic nitrogens is 3. The number of thioether (sulfide) groups is 1. The maximum absolute atomic E-state index is 13.4. The lowest BCUT2D eigenvalue weighted by atomic mass is 10.3. The van der Waals surface area contributed by atoms with E-state index in [4.69, 9.17) is 23.2 Å². The fourth-order valence-electron chi connectivity index (χ4n) is 2.65. The Morgan fingerprint density at radius 3 is 2.60 bits per heavy atom. The first kappa shape index (κ1) is 20.9. The summed E-state index contributed by atoms with van der Waals surface area (Å²) in [4.78, 5) is 13.3. The van der Waals surface area contributed by atoms with E-state index in [1.165, 1.54) is 35.2 Å². The highest BCUT2D eigenvalue weighted by Crippen LogP contribution is 2.31. The van der Waals surface area contributed by atoms with Crippen LogP contribution in [0.3, 0.4) is 0 Å². The van der Waals surface area contributed by atoms with Crippen LogP contribution in [0.25, 0.3) is 16.4 Å². The number of benzene rings is 2. The van der Waals surface area contributed by atoms with Crippen molar-refractivity contribution in [2.45, 2.75) is 5.16 Å². The second-order valence-corrected chi connectivity index (χ2v) is 8.77. The number of hydrogen-bond acceptors (Lipinski definition) is 5. The van der Waals surface area contributed by atoms with Crippen LogP contribution in [0.1, 0.15) is 0 Å². The number of rotatable bonds is 6. The molecule has 2 aromatic carbocycles. The second kappa shape index (κ2) is 9.18. The van der Waals surface area contributed by atoms with Crippen LogP contribution < -0.4 is 5.32 Å². The Morgan fingerprint density at radius 1 is 1.10 bits per heavy atom. The molecule has 0 spiro atoms. The molecule has 0 fully saturated rings. The molecule has 2 heterocycles. The molecular weight excluding hydrogens is 466 g/mol. The summed E-state index contributed by atoms with van der Waals surface area (Å²) in [5.41, 5.74) is 1.26. The smallest absolute Gasteiger partial charge is 0.234 e. The van der Waals surface area contributed by atoms with E-state index in [2.05, 4.69) is 15.5 Å². The third-order valence-electron chi connectivity index (χ3n) is 4.00. The molecule has 0 atom stereocenters. The molecule has 0 aliphatic rings. The predicted octanol–water partition coefficient (Wildman–Crippen LogP) is 6.17. The highest BCUT2D eigenvalue weighted by Gasteiger charge is 2.18. The Balaban J connectivity index is 1.55. The summed E-state index contributed by atoms with van der Waals surface area (Å²) in [7, 11) is 0. The van der Waals surface area contributed by atoms with Crippen molar-refractivity contribution in [2.75, 3.05) is 11.1 Å². The fraction of sp³-hybridized carbons (Fsp3) is 0.0500. The Bertz CT molecular complexity index is 1180. The molecule has 0 unspecified atom stereocenters. The third-order valence-corrected chi connectivity index (χ3v) is 6.53. The van der Waals surface area contributed by atoms with Crippen LogP contribution in [0.2, 0.25) is 10.0 Å². The number of carbonyl (C=O) groups is 1. The molecule has 1 amide bonds. The van der Waals surface area contributed by atoms with Crippen LogP contribution in [-0.4, -0.2) is 26.4 Å². The van der Waals surface area contributed by atoms with Crippen LogP contribution in [0.5, 0.6) is 0 Å². The van der Waals surface area contributed by atoms with Gasteiger partial charge in [-0.2, -0.15) is 0 Å². The summed E-state index contributed by atoms with van der Waals surface area (Å²) in [6.07, 6.45) is 0. The Labute approximate surface area is 189 Å². The third kappa shape index (κ3) is 4.67. The minimum atomic E-state index is -0.334. The van der Waals surface area contributed by atoms with Crippen LogP contribution in [0, 0.1) is 5.82 Å². The molecule has 4 rings (SSSR count). The summed E-state index contributed by atoms with van der Waals surface area (Å²) in [5, 5.41) is 14.5.